The summed E-state index contributed by atoms with van der Waals surface area (Å²) in [4.78, 5) is 22.6. The van der Waals surface area contributed by atoms with Crippen molar-refractivity contribution in [2.75, 3.05) is 13.7 Å². The number of aromatic nitrogens is 1. The zero-order valence-electron chi connectivity index (χ0n) is 10.6. The molecule has 0 fully saturated rings. The number of methoxy groups -OCH3 is 1. The average Bonchev–Trinajstić information content (AvgIpc) is 2.70. The Hall–Kier alpha value is -1.82. The van der Waals surface area contributed by atoms with Crippen LogP contribution in [0, 0.1) is 0 Å². The van der Waals surface area contributed by atoms with Gasteiger partial charge < -0.3 is 19.7 Å². The fraction of sp³-hybridized carbons (Fsp3) is 0.500. The molecule has 1 rings (SSSR count). The van der Waals surface area contributed by atoms with Crippen molar-refractivity contribution >= 4 is 11.9 Å². The summed E-state index contributed by atoms with van der Waals surface area (Å²) >= 11 is 0. The highest BCUT2D eigenvalue weighted by molar-refractivity contribution is 5.89. The van der Waals surface area contributed by atoms with Crippen molar-refractivity contribution in [2.24, 2.45) is 0 Å². The molecule has 100 valence electrons. The number of carboxylic acid groups (broad SMARTS) is 1. The molecule has 0 aromatic carbocycles. The average molecular weight is 254 g/mol. The Morgan fingerprint density at radius 1 is 1.50 bits per heavy atom. The molecule has 2 N–H and O–H groups in total. The van der Waals surface area contributed by atoms with Gasteiger partial charge in [0.1, 0.15) is 6.54 Å². The number of aromatic carboxylic acids is 1. The lowest BCUT2D eigenvalue weighted by molar-refractivity contribution is -0.121. The predicted molar refractivity (Wildman–Crippen MR) is 65.4 cm³/mol. The summed E-state index contributed by atoms with van der Waals surface area (Å²) < 4.78 is 6.56. The maximum Gasteiger partial charge on any atom is 0.337 e. The molecule has 0 unspecified atom stereocenters. The standard InChI is InChI=1S/C12H18N2O4/c1-3-5-13-11(15)7-14-6-4-9(12(16)17)10(14)8-18-2/h4,6H,3,5,7-8H2,1-2H3,(H,13,15)(H,16,17). The van der Waals surface area contributed by atoms with Gasteiger partial charge in [0.05, 0.1) is 17.9 Å². The van der Waals surface area contributed by atoms with Crippen LogP contribution in [-0.4, -0.2) is 35.2 Å². The van der Waals surface area contributed by atoms with E-state index in [0.29, 0.717) is 12.2 Å². The molecule has 0 aliphatic carbocycles. The third kappa shape index (κ3) is 3.59. The predicted octanol–water partition coefficient (Wildman–Crippen LogP) is 0.859. The lowest BCUT2D eigenvalue weighted by Crippen LogP contribution is -2.28. The van der Waals surface area contributed by atoms with Crippen molar-refractivity contribution in [1.82, 2.24) is 9.88 Å². The topological polar surface area (TPSA) is 80.6 Å². The molecule has 0 aliphatic rings. The van der Waals surface area contributed by atoms with Gasteiger partial charge in [-0.1, -0.05) is 6.92 Å². The van der Waals surface area contributed by atoms with Crippen LogP contribution in [0.3, 0.4) is 0 Å². The van der Waals surface area contributed by atoms with Crippen molar-refractivity contribution in [2.45, 2.75) is 26.5 Å². The highest BCUT2D eigenvalue weighted by atomic mass is 16.5. The summed E-state index contributed by atoms with van der Waals surface area (Å²) in [5, 5.41) is 11.8. The normalized spacial score (nSPS) is 10.3. The van der Waals surface area contributed by atoms with Gasteiger partial charge in [0.2, 0.25) is 5.91 Å². The van der Waals surface area contributed by atoms with E-state index in [1.807, 2.05) is 6.92 Å². The van der Waals surface area contributed by atoms with Gasteiger partial charge in [-0.15, -0.1) is 0 Å². The van der Waals surface area contributed by atoms with E-state index in [-0.39, 0.29) is 24.6 Å². The second-order valence-corrected chi connectivity index (χ2v) is 3.89. The van der Waals surface area contributed by atoms with Crippen LogP contribution < -0.4 is 5.32 Å². The number of carboxylic acids is 1. The largest absolute Gasteiger partial charge is 0.478 e. The summed E-state index contributed by atoms with van der Waals surface area (Å²) in [7, 11) is 1.49. The molecule has 0 spiro atoms. The van der Waals surface area contributed by atoms with Crippen molar-refractivity contribution in [3.05, 3.63) is 23.5 Å². The highest BCUT2D eigenvalue weighted by Gasteiger charge is 2.16. The van der Waals surface area contributed by atoms with Crippen LogP contribution >= 0.6 is 0 Å². The fourth-order valence-electron chi connectivity index (χ4n) is 1.62. The number of nitrogens with zero attached hydrogens (tertiary/aromatic N) is 1. The highest BCUT2D eigenvalue weighted by Crippen LogP contribution is 2.12. The molecule has 18 heavy (non-hydrogen) atoms. The Kier molecular flexibility index (Phi) is 5.38. The molecule has 6 heteroatoms. The Labute approximate surface area is 106 Å². The Morgan fingerprint density at radius 2 is 2.22 bits per heavy atom. The minimum Gasteiger partial charge on any atom is -0.478 e. The zero-order valence-corrected chi connectivity index (χ0v) is 10.6. The molecule has 1 aromatic heterocycles. The van der Waals surface area contributed by atoms with Crippen molar-refractivity contribution in [3.63, 3.8) is 0 Å². The quantitative estimate of drug-likeness (QED) is 0.756. The van der Waals surface area contributed by atoms with Gasteiger partial charge in [-0.3, -0.25) is 4.79 Å². The minimum absolute atomic E-state index is 0.103. The van der Waals surface area contributed by atoms with Gasteiger partial charge in [-0.2, -0.15) is 0 Å². The number of carbonyl (C=O) groups is 2. The van der Waals surface area contributed by atoms with Crippen LogP contribution in [0.15, 0.2) is 12.3 Å². The molecular weight excluding hydrogens is 236 g/mol. The third-order valence-corrected chi connectivity index (χ3v) is 2.48. The molecule has 6 nitrogen and oxygen atoms in total. The van der Waals surface area contributed by atoms with Gasteiger partial charge in [-0.25, -0.2) is 4.79 Å². The summed E-state index contributed by atoms with van der Waals surface area (Å²) in [6.07, 6.45) is 2.45. The number of amides is 1. The van der Waals surface area contributed by atoms with Gasteiger partial charge in [-0.05, 0) is 12.5 Å². The summed E-state index contributed by atoms with van der Waals surface area (Å²) in [5.41, 5.74) is 0.664. The molecule has 1 heterocycles. The van der Waals surface area contributed by atoms with Crippen LogP contribution in [0.5, 0.6) is 0 Å². The van der Waals surface area contributed by atoms with Gasteiger partial charge >= 0.3 is 5.97 Å². The first-order valence-corrected chi connectivity index (χ1v) is 5.77. The second-order valence-electron chi connectivity index (χ2n) is 3.89. The van der Waals surface area contributed by atoms with E-state index in [1.54, 1.807) is 10.8 Å². The van der Waals surface area contributed by atoms with E-state index >= 15 is 0 Å². The summed E-state index contributed by atoms with van der Waals surface area (Å²) in [5.74, 6) is -1.16. The van der Waals surface area contributed by atoms with Crippen LogP contribution in [-0.2, 0) is 22.7 Å². The molecule has 0 bridgehead atoms. The van der Waals surface area contributed by atoms with Gasteiger partial charge in [0.15, 0.2) is 0 Å². The number of carbonyl (C=O) groups excluding carboxylic acids is 1. The van der Waals surface area contributed by atoms with Crippen LogP contribution in [0.4, 0.5) is 0 Å². The number of hydrogen-bond acceptors (Lipinski definition) is 3. The smallest absolute Gasteiger partial charge is 0.337 e. The summed E-state index contributed by atoms with van der Waals surface area (Å²) in [6, 6.07) is 1.48. The molecule has 0 atom stereocenters. The SMILES string of the molecule is CCCNC(=O)Cn1ccc(C(=O)O)c1COC. The first-order chi connectivity index (χ1) is 8.60. The third-order valence-electron chi connectivity index (χ3n) is 2.48. The monoisotopic (exact) mass is 254 g/mol. The number of rotatable bonds is 7. The Bertz CT molecular complexity index is 426. The van der Waals surface area contributed by atoms with E-state index in [2.05, 4.69) is 5.32 Å². The van der Waals surface area contributed by atoms with E-state index in [0.717, 1.165) is 6.42 Å². The molecule has 0 saturated heterocycles. The summed E-state index contributed by atoms with van der Waals surface area (Å²) in [6.45, 7) is 2.85. The van der Waals surface area contributed by atoms with Gasteiger partial charge in [0, 0.05) is 19.9 Å². The number of ether oxygens (including phenoxy) is 1. The Balaban J connectivity index is 2.81. The van der Waals surface area contributed by atoms with Crippen LogP contribution in [0.2, 0.25) is 0 Å². The maximum atomic E-state index is 11.6. The van der Waals surface area contributed by atoms with E-state index < -0.39 is 5.97 Å². The molecule has 0 aliphatic heterocycles. The van der Waals surface area contributed by atoms with Crippen molar-refractivity contribution in [3.8, 4) is 0 Å². The zero-order chi connectivity index (χ0) is 13.5. The van der Waals surface area contributed by atoms with Crippen LogP contribution in [0.1, 0.15) is 29.4 Å². The first kappa shape index (κ1) is 14.2. The lowest BCUT2D eigenvalue weighted by Gasteiger charge is -2.09. The molecule has 0 saturated carbocycles. The Morgan fingerprint density at radius 3 is 2.78 bits per heavy atom. The number of hydrogen-bond donors (Lipinski definition) is 2. The van der Waals surface area contributed by atoms with Crippen LogP contribution in [0.25, 0.3) is 0 Å². The van der Waals surface area contributed by atoms with Crippen molar-refractivity contribution < 1.29 is 19.4 Å². The van der Waals surface area contributed by atoms with Gasteiger partial charge in [0.25, 0.3) is 0 Å². The number of nitrogens with one attached hydrogen (secondary N) is 1. The molecule has 1 aromatic rings. The minimum atomic E-state index is -1.02. The van der Waals surface area contributed by atoms with E-state index in [9.17, 15) is 9.59 Å². The van der Waals surface area contributed by atoms with Crippen molar-refractivity contribution in [1.29, 1.82) is 0 Å². The lowest BCUT2D eigenvalue weighted by atomic mass is 10.2. The first-order valence-electron chi connectivity index (χ1n) is 5.77. The fourth-order valence-corrected chi connectivity index (χ4v) is 1.62. The van der Waals surface area contributed by atoms with E-state index in [1.165, 1.54) is 13.2 Å². The second kappa shape index (κ2) is 6.80. The molecular formula is C12H18N2O4. The van der Waals surface area contributed by atoms with E-state index in [4.69, 9.17) is 9.84 Å². The molecule has 0 radical (unpaired) electrons. The molecule has 1 amide bonds. The maximum absolute atomic E-state index is 11.6.